The molecule has 0 atom stereocenters. The molecule has 0 spiro atoms. The number of hydrogen-bond donors (Lipinski definition) is 0. The average Bonchev–Trinajstić information content (AvgIpc) is 2.69. The fourth-order valence-corrected chi connectivity index (χ4v) is 2.46. The second-order valence-electron chi connectivity index (χ2n) is 5.18. The molecule has 2 heterocycles. The van der Waals surface area contributed by atoms with Crippen LogP contribution in [0.5, 0.6) is 0 Å². The van der Waals surface area contributed by atoms with Crippen LogP contribution in [-0.4, -0.2) is 28.0 Å². The van der Waals surface area contributed by atoms with Crippen molar-refractivity contribution in [2.24, 2.45) is 7.05 Å². The van der Waals surface area contributed by atoms with Gasteiger partial charge in [0, 0.05) is 18.9 Å². The maximum Gasteiger partial charge on any atom is 0.133 e. The van der Waals surface area contributed by atoms with E-state index in [0.29, 0.717) is 0 Å². The minimum atomic E-state index is 0.0762. The zero-order valence-corrected chi connectivity index (χ0v) is 10.8. The highest BCUT2D eigenvalue weighted by atomic mass is 16.5. The molecule has 94 valence electrons. The van der Waals surface area contributed by atoms with Gasteiger partial charge in [-0.25, -0.2) is 0 Å². The molecule has 0 radical (unpaired) electrons. The van der Waals surface area contributed by atoms with E-state index in [4.69, 9.17) is 4.74 Å². The van der Waals surface area contributed by atoms with Crippen LogP contribution in [0.25, 0.3) is 0 Å². The van der Waals surface area contributed by atoms with Crippen LogP contribution in [0.2, 0.25) is 0 Å². The predicted octanol–water partition coefficient (Wildman–Crippen LogP) is 1.63. The molecule has 3 rings (SSSR count). The molecule has 0 saturated carbocycles. The topological polar surface area (TPSA) is 39.9 Å². The molecule has 0 N–H and O–H groups in total. The second kappa shape index (κ2) is 4.21. The summed E-state index contributed by atoms with van der Waals surface area (Å²) in [4.78, 5) is 0. The van der Waals surface area contributed by atoms with Crippen LogP contribution < -0.4 is 0 Å². The minimum absolute atomic E-state index is 0.0762. The van der Waals surface area contributed by atoms with Crippen LogP contribution in [0.4, 0.5) is 0 Å². The Labute approximate surface area is 107 Å². The third kappa shape index (κ3) is 1.82. The second-order valence-corrected chi connectivity index (χ2v) is 5.18. The fraction of sp³-hybridized carbons (Fsp3) is 0.429. The van der Waals surface area contributed by atoms with Gasteiger partial charge in [-0.05, 0) is 12.5 Å². The maximum atomic E-state index is 5.46. The summed E-state index contributed by atoms with van der Waals surface area (Å²) < 4.78 is 7.45. The monoisotopic (exact) mass is 243 g/mol. The van der Waals surface area contributed by atoms with E-state index in [2.05, 4.69) is 41.4 Å². The van der Waals surface area contributed by atoms with E-state index in [9.17, 15) is 0 Å². The van der Waals surface area contributed by atoms with E-state index in [0.717, 1.165) is 25.5 Å². The van der Waals surface area contributed by atoms with Gasteiger partial charge >= 0.3 is 0 Å². The molecule has 1 aromatic carbocycles. The highest BCUT2D eigenvalue weighted by molar-refractivity contribution is 5.32. The average molecular weight is 243 g/mol. The summed E-state index contributed by atoms with van der Waals surface area (Å²) in [5, 5.41) is 8.14. The Balaban J connectivity index is 1.93. The molecule has 1 fully saturated rings. The van der Waals surface area contributed by atoms with Crippen LogP contribution in [-0.2, 0) is 23.6 Å². The lowest BCUT2D eigenvalue weighted by atomic mass is 9.75. The summed E-state index contributed by atoms with van der Waals surface area (Å²) in [6, 6.07) is 8.67. The summed E-state index contributed by atoms with van der Waals surface area (Å²) in [7, 11) is 1.98. The van der Waals surface area contributed by atoms with Gasteiger partial charge in [-0.3, -0.25) is 0 Å². The van der Waals surface area contributed by atoms with Crippen LogP contribution in [0.3, 0.4) is 0 Å². The largest absolute Gasteiger partial charge is 0.379 e. The van der Waals surface area contributed by atoms with E-state index in [1.54, 1.807) is 6.33 Å². The summed E-state index contributed by atoms with van der Waals surface area (Å²) >= 11 is 0. The lowest BCUT2D eigenvalue weighted by molar-refractivity contribution is -0.0611. The van der Waals surface area contributed by atoms with Gasteiger partial charge in [-0.2, -0.15) is 0 Å². The summed E-state index contributed by atoms with van der Waals surface area (Å²) in [6.45, 7) is 3.66. The summed E-state index contributed by atoms with van der Waals surface area (Å²) in [5.41, 5.74) is 2.71. The number of rotatable bonds is 3. The number of nitrogens with zero attached hydrogens (tertiary/aromatic N) is 3. The standard InChI is InChI=1S/C14H17N3O/c1-11-4-3-5-12(6-11)14(8-18-9-14)7-13-16-15-10-17(13)2/h3-6,10H,7-9H2,1-2H3. The van der Waals surface area contributed by atoms with Crippen molar-refractivity contribution in [1.29, 1.82) is 0 Å². The molecule has 1 aromatic heterocycles. The number of benzene rings is 1. The van der Waals surface area contributed by atoms with Crippen LogP contribution in [0.15, 0.2) is 30.6 Å². The van der Waals surface area contributed by atoms with Crippen molar-refractivity contribution in [2.45, 2.75) is 18.8 Å². The molecular formula is C14H17N3O. The molecule has 4 heteroatoms. The number of ether oxygens (including phenoxy) is 1. The molecule has 1 aliphatic heterocycles. The third-order valence-electron chi connectivity index (χ3n) is 3.69. The smallest absolute Gasteiger partial charge is 0.133 e. The molecule has 4 nitrogen and oxygen atoms in total. The van der Waals surface area contributed by atoms with Gasteiger partial charge in [-0.1, -0.05) is 29.8 Å². The van der Waals surface area contributed by atoms with Gasteiger partial charge in [0.15, 0.2) is 0 Å². The van der Waals surface area contributed by atoms with Gasteiger partial charge in [0.2, 0.25) is 0 Å². The molecule has 0 bridgehead atoms. The predicted molar refractivity (Wildman–Crippen MR) is 68.4 cm³/mol. The Kier molecular flexibility index (Phi) is 2.67. The van der Waals surface area contributed by atoms with Crippen molar-refractivity contribution in [1.82, 2.24) is 14.8 Å². The van der Waals surface area contributed by atoms with Crippen LogP contribution >= 0.6 is 0 Å². The molecule has 1 aliphatic rings. The van der Waals surface area contributed by atoms with E-state index in [1.807, 2.05) is 11.6 Å². The lowest BCUT2D eigenvalue weighted by Gasteiger charge is -2.41. The molecule has 0 unspecified atom stereocenters. The normalized spacial score (nSPS) is 17.4. The molecule has 0 aliphatic carbocycles. The highest BCUT2D eigenvalue weighted by Gasteiger charge is 2.41. The maximum absolute atomic E-state index is 5.46. The van der Waals surface area contributed by atoms with Crippen molar-refractivity contribution >= 4 is 0 Å². The van der Waals surface area contributed by atoms with Crippen LogP contribution in [0, 0.1) is 6.92 Å². The van der Waals surface area contributed by atoms with Crippen molar-refractivity contribution in [3.8, 4) is 0 Å². The summed E-state index contributed by atoms with van der Waals surface area (Å²) in [6.07, 6.45) is 2.63. The SMILES string of the molecule is Cc1cccc(C2(Cc3nncn3C)COC2)c1. The van der Waals surface area contributed by atoms with Crippen molar-refractivity contribution in [3.63, 3.8) is 0 Å². The first kappa shape index (κ1) is 11.4. The Hall–Kier alpha value is -1.68. The summed E-state index contributed by atoms with van der Waals surface area (Å²) in [5.74, 6) is 1.01. The zero-order chi connectivity index (χ0) is 12.6. The van der Waals surface area contributed by atoms with Gasteiger partial charge in [0.05, 0.1) is 13.2 Å². The molecule has 18 heavy (non-hydrogen) atoms. The molecular weight excluding hydrogens is 226 g/mol. The Bertz CT molecular complexity index is 558. The van der Waals surface area contributed by atoms with Gasteiger partial charge in [-0.15, -0.1) is 10.2 Å². The van der Waals surface area contributed by atoms with Crippen molar-refractivity contribution < 1.29 is 4.74 Å². The number of aromatic nitrogens is 3. The fourth-order valence-electron chi connectivity index (χ4n) is 2.46. The lowest BCUT2D eigenvalue weighted by Crippen LogP contribution is -2.49. The Morgan fingerprint density at radius 1 is 1.39 bits per heavy atom. The zero-order valence-electron chi connectivity index (χ0n) is 10.8. The number of aryl methyl sites for hydroxylation is 2. The van der Waals surface area contributed by atoms with Gasteiger partial charge in [0.1, 0.15) is 12.2 Å². The first-order valence-electron chi connectivity index (χ1n) is 6.17. The number of hydrogen-bond acceptors (Lipinski definition) is 3. The first-order valence-corrected chi connectivity index (χ1v) is 6.17. The van der Waals surface area contributed by atoms with E-state index < -0.39 is 0 Å². The quantitative estimate of drug-likeness (QED) is 0.822. The minimum Gasteiger partial charge on any atom is -0.379 e. The molecule has 2 aromatic rings. The van der Waals surface area contributed by atoms with Gasteiger partial charge < -0.3 is 9.30 Å². The Morgan fingerprint density at radius 3 is 2.78 bits per heavy atom. The van der Waals surface area contributed by atoms with Gasteiger partial charge in [0.25, 0.3) is 0 Å². The van der Waals surface area contributed by atoms with E-state index in [-0.39, 0.29) is 5.41 Å². The van der Waals surface area contributed by atoms with Crippen molar-refractivity contribution in [2.75, 3.05) is 13.2 Å². The Morgan fingerprint density at radius 2 is 2.22 bits per heavy atom. The van der Waals surface area contributed by atoms with Crippen LogP contribution in [0.1, 0.15) is 17.0 Å². The molecule has 0 amide bonds. The van der Waals surface area contributed by atoms with E-state index >= 15 is 0 Å². The first-order chi connectivity index (χ1) is 8.70. The third-order valence-corrected chi connectivity index (χ3v) is 3.69. The van der Waals surface area contributed by atoms with Crippen molar-refractivity contribution in [3.05, 3.63) is 47.5 Å². The van der Waals surface area contributed by atoms with E-state index in [1.165, 1.54) is 11.1 Å². The highest BCUT2D eigenvalue weighted by Crippen LogP contribution is 2.35. The molecule has 1 saturated heterocycles.